The number of aryl methyl sites for hydroxylation is 1. The van der Waals surface area contributed by atoms with Crippen molar-refractivity contribution in [3.05, 3.63) is 47.5 Å². The third kappa shape index (κ3) is 7.25. The topological polar surface area (TPSA) is 175 Å². The Morgan fingerprint density at radius 1 is 1.02 bits per heavy atom. The van der Waals surface area contributed by atoms with Crippen LogP contribution >= 0.6 is 0 Å². The second-order valence-electron chi connectivity index (χ2n) is 15.5. The number of sulfonamides is 1. The number of hydrogen-bond donors (Lipinski definition) is 3. The van der Waals surface area contributed by atoms with Gasteiger partial charge in [0.2, 0.25) is 21.8 Å². The molecule has 14 nitrogen and oxygen atoms in total. The average Bonchev–Trinajstić information content (AvgIpc) is 3.90. The van der Waals surface area contributed by atoms with Gasteiger partial charge in [-0.1, -0.05) is 43.5 Å². The predicted molar refractivity (Wildman–Crippen MR) is 190 cm³/mol. The van der Waals surface area contributed by atoms with Crippen LogP contribution in [0.3, 0.4) is 0 Å². The van der Waals surface area contributed by atoms with E-state index in [1.54, 1.807) is 16.8 Å². The highest BCUT2D eigenvalue weighted by Crippen LogP contribution is 2.45. The molecule has 6 aliphatic rings. The van der Waals surface area contributed by atoms with Gasteiger partial charge in [-0.2, -0.15) is 0 Å². The quantitative estimate of drug-likeness (QED) is 0.358. The van der Waals surface area contributed by atoms with Crippen LogP contribution in [0.15, 0.2) is 30.9 Å². The lowest BCUT2D eigenvalue weighted by molar-refractivity contribution is -0.142. The van der Waals surface area contributed by atoms with Gasteiger partial charge in [0.1, 0.15) is 23.7 Å². The van der Waals surface area contributed by atoms with E-state index >= 15 is 0 Å². The zero-order valence-electron chi connectivity index (χ0n) is 29.8. The number of fused-ring (bicyclic) bond motifs is 3. The average molecular weight is 739 g/mol. The molecule has 4 bridgehead atoms. The van der Waals surface area contributed by atoms with Crippen molar-refractivity contribution in [1.29, 1.82) is 0 Å². The summed E-state index contributed by atoms with van der Waals surface area (Å²) in [6.07, 6.45) is 7.95. The predicted octanol–water partition coefficient (Wildman–Crippen LogP) is 2.70. The van der Waals surface area contributed by atoms with E-state index in [1.165, 1.54) is 16.5 Å². The standard InChI is InChI=1S/C37H50N6O8S/c1-3-26-19-37(26,34(46)40-52(49,50)28-15-16-28)39-32(44)30-18-27-21-43(30)33(45)31(24-11-6-7-12-24)38-35(47)41(2)17-8-4-5-10-23-13-9-14-25-20-42(22-29(23)25)36(48)51-27/h3,9,13-14,24,26-28,30-31H,1,4-8,10-12,15-22H2,2H3,(H,38,47)(H,39,44)(H,40,46)/t26-,27+,30-,31-,37+/m0/s1. The Hall–Kier alpha value is -4.14. The van der Waals surface area contributed by atoms with Crippen LogP contribution in [0.2, 0.25) is 0 Å². The molecule has 3 heterocycles. The molecule has 3 aliphatic carbocycles. The summed E-state index contributed by atoms with van der Waals surface area (Å²) in [6.45, 7) is 5.01. The SMILES string of the molecule is C=C[C@H]1C[C@]1(NC(=O)[C@@H]1C[C@@H]2CN1C(=O)[C@H](C1CCCC1)NC(=O)N(C)CCCCCc1cccc3c1CN(C3)C(=O)O2)C(=O)NS(=O)(=O)C1CC1. The highest BCUT2D eigenvalue weighted by molar-refractivity contribution is 7.91. The number of nitrogens with one attached hydrogen (secondary N) is 3. The number of carbonyl (C=O) groups excluding carboxylic acids is 5. The lowest BCUT2D eigenvalue weighted by Gasteiger charge is -2.33. The molecule has 7 rings (SSSR count). The van der Waals surface area contributed by atoms with Crippen molar-refractivity contribution < 1.29 is 37.1 Å². The van der Waals surface area contributed by atoms with Crippen LogP contribution in [0.5, 0.6) is 0 Å². The first-order valence-electron chi connectivity index (χ1n) is 18.8. The van der Waals surface area contributed by atoms with Gasteiger partial charge in [-0.15, -0.1) is 6.58 Å². The van der Waals surface area contributed by atoms with Crippen LogP contribution in [0.4, 0.5) is 9.59 Å². The monoisotopic (exact) mass is 738 g/mol. The summed E-state index contributed by atoms with van der Waals surface area (Å²) >= 11 is 0. The largest absolute Gasteiger partial charge is 0.444 e. The maximum atomic E-state index is 14.6. The molecule has 3 N–H and O–H groups in total. The van der Waals surface area contributed by atoms with Crippen molar-refractivity contribution in [2.24, 2.45) is 11.8 Å². The van der Waals surface area contributed by atoms with E-state index in [4.69, 9.17) is 4.74 Å². The highest BCUT2D eigenvalue weighted by atomic mass is 32.2. The summed E-state index contributed by atoms with van der Waals surface area (Å²) in [5.74, 6) is -2.60. The van der Waals surface area contributed by atoms with E-state index in [1.807, 2.05) is 12.1 Å². The molecule has 0 aromatic heterocycles. The van der Waals surface area contributed by atoms with E-state index in [0.29, 0.717) is 32.5 Å². The first-order chi connectivity index (χ1) is 24.9. The lowest BCUT2D eigenvalue weighted by Crippen LogP contribution is -2.59. The highest BCUT2D eigenvalue weighted by Gasteiger charge is 2.62. The van der Waals surface area contributed by atoms with Crippen molar-refractivity contribution in [3.63, 3.8) is 0 Å². The van der Waals surface area contributed by atoms with Crippen LogP contribution in [-0.2, 0) is 48.7 Å². The molecule has 0 spiro atoms. The Morgan fingerprint density at radius 3 is 2.48 bits per heavy atom. The number of nitrogens with zero attached hydrogens (tertiary/aromatic N) is 3. The Kier molecular flexibility index (Phi) is 10.0. The molecule has 1 saturated heterocycles. The second kappa shape index (κ2) is 14.4. The summed E-state index contributed by atoms with van der Waals surface area (Å²) in [5.41, 5.74) is 1.82. The summed E-state index contributed by atoms with van der Waals surface area (Å²) < 4.78 is 33.6. The minimum absolute atomic E-state index is 0.0303. The molecule has 1 aromatic carbocycles. The molecule has 6 amide bonds. The van der Waals surface area contributed by atoms with Crippen LogP contribution in [0, 0.1) is 11.8 Å². The Labute approximate surface area is 305 Å². The Bertz CT molecular complexity index is 1740. The molecule has 52 heavy (non-hydrogen) atoms. The summed E-state index contributed by atoms with van der Waals surface area (Å²) in [4.78, 5) is 74.1. The van der Waals surface area contributed by atoms with Gasteiger partial charge in [-0.05, 0) is 74.0 Å². The number of urea groups is 1. The molecule has 1 aromatic rings. The lowest BCUT2D eigenvalue weighted by atomic mass is 9.96. The first-order valence-corrected chi connectivity index (χ1v) is 20.3. The zero-order valence-corrected chi connectivity index (χ0v) is 30.6. The molecule has 3 aliphatic heterocycles. The van der Waals surface area contributed by atoms with Crippen LogP contribution < -0.4 is 15.4 Å². The van der Waals surface area contributed by atoms with Crippen molar-refractivity contribution >= 4 is 39.9 Å². The van der Waals surface area contributed by atoms with Gasteiger partial charge in [-0.25, -0.2) is 18.0 Å². The fourth-order valence-electron chi connectivity index (χ4n) is 8.50. The first kappa shape index (κ1) is 36.2. The second-order valence-corrected chi connectivity index (χ2v) is 17.5. The molecule has 0 radical (unpaired) electrons. The van der Waals surface area contributed by atoms with E-state index in [9.17, 15) is 32.4 Å². The molecular weight excluding hydrogens is 689 g/mol. The number of hydrogen-bond acceptors (Lipinski definition) is 8. The maximum absolute atomic E-state index is 14.6. The van der Waals surface area contributed by atoms with E-state index in [2.05, 4.69) is 28.0 Å². The van der Waals surface area contributed by atoms with E-state index in [0.717, 1.165) is 62.5 Å². The minimum Gasteiger partial charge on any atom is -0.444 e. The Morgan fingerprint density at radius 2 is 1.77 bits per heavy atom. The van der Waals surface area contributed by atoms with Crippen molar-refractivity contribution in [2.75, 3.05) is 20.1 Å². The molecule has 0 unspecified atom stereocenters. The molecule has 282 valence electrons. The van der Waals surface area contributed by atoms with Crippen LogP contribution in [0.25, 0.3) is 0 Å². The number of carbonyl (C=O) groups is 5. The van der Waals surface area contributed by atoms with Crippen molar-refractivity contribution in [2.45, 2.75) is 119 Å². The molecule has 3 saturated carbocycles. The van der Waals surface area contributed by atoms with E-state index < -0.39 is 68.7 Å². The van der Waals surface area contributed by atoms with Crippen molar-refractivity contribution in [3.8, 4) is 0 Å². The summed E-state index contributed by atoms with van der Waals surface area (Å²) in [5, 5.41) is 5.15. The third-order valence-electron chi connectivity index (χ3n) is 11.9. The normalized spacial score (nSPS) is 30.2. The molecule has 5 atom stereocenters. The molecule has 4 fully saturated rings. The number of ether oxygens (including phenoxy) is 1. The van der Waals surface area contributed by atoms with Gasteiger partial charge in [0, 0.05) is 39.0 Å². The van der Waals surface area contributed by atoms with Gasteiger partial charge >= 0.3 is 12.1 Å². The fourth-order valence-corrected chi connectivity index (χ4v) is 9.87. The smallest absolute Gasteiger partial charge is 0.410 e. The van der Waals surface area contributed by atoms with E-state index in [-0.39, 0.29) is 31.3 Å². The number of rotatable bonds is 7. The minimum atomic E-state index is -3.89. The van der Waals surface area contributed by atoms with Crippen molar-refractivity contribution in [1.82, 2.24) is 30.1 Å². The third-order valence-corrected chi connectivity index (χ3v) is 13.7. The Balaban J connectivity index is 1.16. The number of amides is 6. The zero-order chi connectivity index (χ0) is 36.8. The molecular formula is C37H50N6O8S. The van der Waals surface area contributed by atoms with Gasteiger partial charge in [0.05, 0.1) is 11.8 Å². The fraction of sp³-hybridized carbons (Fsp3) is 0.649. The maximum Gasteiger partial charge on any atom is 0.410 e. The van der Waals surface area contributed by atoms with Gasteiger partial charge in [0.15, 0.2) is 0 Å². The summed E-state index contributed by atoms with van der Waals surface area (Å²) in [6, 6.07) is 3.69. The van der Waals surface area contributed by atoms with Crippen LogP contribution in [-0.4, -0.2) is 102 Å². The van der Waals surface area contributed by atoms with Gasteiger partial charge < -0.3 is 25.2 Å². The number of benzene rings is 1. The summed E-state index contributed by atoms with van der Waals surface area (Å²) in [7, 11) is -2.17. The molecule has 15 heteroatoms. The van der Waals surface area contributed by atoms with Crippen LogP contribution in [0.1, 0.15) is 87.3 Å². The van der Waals surface area contributed by atoms with Gasteiger partial charge in [0.25, 0.3) is 5.91 Å². The van der Waals surface area contributed by atoms with Gasteiger partial charge in [-0.3, -0.25) is 24.0 Å².